The standard InChI is InChI=1S/C91H142O17P2/c1-5-9-13-17-21-25-29-33-37-40-42-45-48-51-55-59-63-67-71-75-88(93)101-81-86(107-90(95)77-73-69-65-61-57-53-47-36-32-28-24-20-16-12-8-4)83-105-109(97,98)103-79-85(92)80-104-110(99,100)106-84-87(108-91(96)78-74-70-66-62-58-54-50-44-39-35-31-27-23-19-15-11-7-3)82-102-89(94)76-72-68-64-60-56-52-49-46-43-41-38-34-30-26-22-18-14-10-6-2/h9-16,21-28,33-39,42-43,45-47,50,54,57,61-62,66,69,73,85-87,92H,5-8,17-20,29-32,40-41,44,48-49,51-53,55-56,58-60,63-65,67-68,70-72,74-84H2,1-4H3,(H,97,98)(H,99,100)/b13-9-,14-10-,15-11-,16-12-,25-21-,26-22-,27-23-,28-24-,37-33-,38-34-,39-35-,45-42-,46-43-,47-36-,54-50-,61-57-,66-62-,73-69-. The summed E-state index contributed by atoms with van der Waals surface area (Å²) in [4.78, 5) is 73.1. The Hall–Kier alpha value is -6.62. The van der Waals surface area contributed by atoms with E-state index < -0.39 is 97.5 Å². The number of ether oxygens (including phenoxy) is 4. The average Bonchev–Trinajstić information content (AvgIpc) is 0.906. The maximum atomic E-state index is 13.1. The minimum absolute atomic E-state index is 0.00102. The summed E-state index contributed by atoms with van der Waals surface area (Å²) in [6, 6.07) is 0. The summed E-state index contributed by atoms with van der Waals surface area (Å²) in [5, 5.41) is 10.7. The van der Waals surface area contributed by atoms with Gasteiger partial charge in [0.1, 0.15) is 19.3 Å². The molecule has 0 bridgehead atoms. The van der Waals surface area contributed by atoms with Gasteiger partial charge in [0.2, 0.25) is 0 Å². The highest BCUT2D eigenvalue weighted by molar-refractivity contribution is 7.47. The summed E-state index contributed by atoms with van der Waals surface area (Å²) in [5.74, 6) is -2.45. The summed E-state index contributed by atoms with van der Waals surface area (Å²) < 4.78 is 68.5. The molecular formula is C91H142O17P2. The lowest BCUT2D eigenvalue weighted by Gasteiger charge is -2.21. The van der Waals surface area contributed by atoms with Crippen LogP contribution in [0.3, 0.4) is 0 Å². The van der Waals surface area contributed by atoms with Gasteiger partial charge < -0.3 is 33.8 Å². The lowest BCUT2D eigenvalue weighted by Crippen LogP contribution is -2.30. The van der Waals surface area contributed by atoms with Gasteiger partial charge in [-0.05, 0) is 167 Å². The lowest BCUT2D eigenvalue weighted by atomic mass is 10.1. The van der Waals surface area contributed by atoms with Crippen molar-refractivity contribution in [3.63, 3.8) is 0 Å². The first kappa shape index (κ1) is 103. The average molecular weight is 1570 g/mol. The minimum atomic E-state index is -5.03. The number of carbonyl (C=O) groups is 4. The molecule has 0 radical (unpaired) electrons. The Morgan fingerprint density at radius 1 is 0.264 bits per heavy atom. The van der Waals surface area contributed by atoms with Crippen LogP contribution in [0.2, 0.25) is 0 Å². The molecule has 0 aliphatic rings. The second-order valence-corrected chi connectivity index (χ2v) is 29.1. The Balaban J connectivity index is 5.53. The number of carbonyl (C=O) groups excluding carboxylic acids is 4. The number of aliphatic hydroxyl groups is 1. The molecule has 3 N–H and O–H groups in total. The van der Waals surface area contributed by atoms with Crippen molar-refractivity contribution >= 4 is 39.5 Å². The summed E-state index contributed by atoms with van der Waals surface area (Å²) in [5.41, 5.74) is 0. The fraction of sp³-hybridized carbons (Fsp3) is 0.560. The summed E-state index contributed by atoms with van der Waals surface area (Å²) in [6.45, 7) is 4.18. The molecule has 0 saturated carbocycles. The molecule has 0 amide bonds. The van der Waals surface area contributed by atoms with Crippen LogP contribution in [0.15, 0.2) is 219 Å². The molecule has 0 aromatic rings. The highest BCUT2D eigenvalue weighted by Crippen LogP contribution is 2.45. The predicted molar refractivity (Wildman–Crippen MR) is 454 cm³/mol. The van der Waals surface area contributed by atoms with E-state index in [0.717, 1.165) is 186 Å². The first-order valence-corrected chi connectivity index (χ1v) is 44.0. The van der Waals surface area contributed by atoms with Gasteiger partial charge in [-0.25, -0.2) is 9.13 Å². The summed E-state index contributed by atoms with van der Waals surface area (Å²) >= 11 is 0. The molecule has 0 aromatic carbocycles. The Labute approximate surface area is 664 Å². The van der Waals surface area contributed by atoms with Crippen LogP contribution in [0.25, 0.3) is 0 Å². The van der Waals surface area contributed by atoms with Crippen molar-refractivity contribution in [2.45, 2.75) is 290 Å². The van der Waals surface area contributed by atoms with E-state index in [4.69, 9.17) is 37.0 Å². The number of allylic oxidation sites excluding steroid dienone is 35. The van der Waals surface area contributed by atoms with Crippen molar-refractivity contribution in [1.82, 2.24) is 0 Å². The number of esters is 4. The minimum Gasteiger partial charge on any atom is -0.462 e. The summed E-state index contributed by atoms with van der Waals surface area (Å²) in [7, 11) is -10.0. The summed E-state index contributed by atoms with van der Waals surface area (Å²) in [6.07, 6.45) is 102. The zero-order chi connectivity index (χ0) is 80.3. The zero-order valence-corrected chi connectivity index (χ0v) is 69.4. The van der Waals surface area contributed by atoms with E-state index in [-0.39, 0.29) is 25.7 Å². The second kappa shape index (κ2) is 80.4. The van der Waals surface area contributed by atoms with Gasteiger partial charge in [0.15, 0.2) is 12.2 Å². The van der Waals surface area contributed by atoms with Crippen molar-refractivity contribution in [3.05, 3.63) is 219 Å². The monoisotopic (exact) mass is 1570 g/mol. The molecule has 0 aliphatic carbocycles. The van der Waals surface area contributed by atoms with Crippen LogP contribution in [-0.4, -0.2) is 96.7 Å². The number of aliphatic hydroxyl groups excluding tert-OH is 1. The van der Waals surface area contributed by atoms with Crippen LogP contribution in [0.1, 0.15) is 272 Å². The highest BCUT2D eigenvalue weighted by atomic mass is 31.2. The molecule has 0 aliphatic heterocycles. The fourth-order valence-electron chi connectivity index (χ4n) is 9.90. The fourth-order valence-corrected chi connectivity index (χ4v) is 11.5. The van der Waals surface area contributed by atoms with Crippen LogP contribution in [0, 0.1) is 0 Å². The van der Waals surface area contributed by atoms with E-state index in [9.17, 15) is 43.2 Å². The van der Waals surface area contributed by atoms with Crippen molar-refractivity contribution < 1.29 is 80.2 Å². The largest absolute Gasteiger partial charge is 0.472 e. The van der Waals surface area contributed by atoms with Crippen LogP contribution >= 0.6 is 15.6 Å². The van der Waals surface area contributed by atoms with Crippen LogP contribution in [-0.2, 0) is 65.4 Å². The molecule has 0 rings (SSSR count). The number of unbranched alkanes of at least 4 members (excludes halogenated alkanes) is 13. The van der Waals surface area contributed by atoms with Gasteiger partial charge in [0, 0.05) is 19.3 Å². The number of phosphoric acid groups is 2. The molecule has 0 heterocycles. The Bertz CT molecular complexity index is 2950. The van der Waals surface area contributed by atoms with Crippen LogP contribution in [0.4, 0.5) is 0 Å². The molecule has 110 heavy (non-hydrogen) atoms. The van der Waals surface area contributed by atoms with Gasteiger partial charge in [-0.15, -0.1) is 0 Å². The topological polar surface area (TPSA) is 237 Å². The number of phosphoric ester groups is 2. The van der Waals surface area contributed by atoms with E-state index in [2.05, 4.69) is 210 Å². The first-order valence-electron chi connectivity index (χ1n) is 41.0. The van der Waals surface area contributed by atoms with Crippen molar-refractivity contribution in [2.75, 3.05) is 39.6 Å². The molecule has 19 heteroatoms. The third kappa shape index (κ3) is 79.5. The van der Waals surface area contributed by atoms with E-state index in [0.29, 0.717) is 32.1 Å². The van der Waals surface area contributed by atoms with Gasteiger partial charge in [0.25, 0.3) is 0 Å². The molecule has 0 spiro atoms. The van der Waals surface area contributed by atoms with Gasteiger partial charge in [-0.3, -0.25) is 37.3 Å². The number of hydrogen-bond donors (Lipinski definition) is 3. The van der Waals surface area contributed by atoms with Gasteiger partial charge >= 0.3 is 39.5 Å². The smallest absolute Gasteiger partial charge is 0.462 e. The van der Waals surface area contributed by atoms with Gasteiger partial charge in [0.05, 0.1) is 32.8 Å². The molecule has 5 unspecified atom stereocenters. The van der Waals surface area contributed by atoms with E-state index in [1.807, 2.05) is 24.3 Å². The van der Waals surface area contributed by atoms with E-state index in [1.54, 1.807) is 12.2 Å². The highest BCUT2D eigenvalue weighted by Gasteiger charge is 2.30. The van der Waals surface area contributed by atoms with Crippen molar-refractivity contribution in [3.8, 4) is 0 Å². The SMILES string of the molecule is CC/C=C\C/C=C\C/C=C\C/C=C\C/C=C\CCCC(=O)OC(COC(=O)CCCCCCCC/C=C\C/C=C\C/C=C\C/C=C\CC)COP(=O)(O)OCC(O)COP(=O)(O)OCC(COC(=O)CCCCCCCC/C=C\C/C=C\C/C=C\C/C=C\CC)OC(=O)C/C=C\C/C=C\C/C=C\C/C=C\C/C=C\CC. The molecule has 0 aromatic heterocycles. The normalized spacial score (nSPS) is 14.9. The third-order valence-electron chi connectivity index (χ3n) is 16.0. The molecule has 618 valence electrons. The maximum absolute atomic E-state index is 13.1. The van der Waals surface area contributed by atoms with E-state index in [1.165, 1.54) is 0 Å². The number of hydrogen-bond acceptors (Lipinski definition) is 15. The first-order chi connectivity index (χ1) is 53.7. The molecule has 5 atom stereocenters. The van der Waals surface area contributed by atoms with Crippen molar-refractivity contribution in [1.29, 1.82) is 0 Å². The number of rotatable bonds is 74. The van der Waals surface area contributed by atoms with Gasteiger partial charge in [-0.1, -0.05) is 298 Å². The van der Waals surface area contributed by atoms with Crippen LogP contribution < -0.4 is 0 Å². The zero-order valence-electron chi connectivity index (χ0n) is 67.6. The molecule has 17 nitrogen and oxygen atoms in total. The second-order valence-electron chi connectivity index (χ2n) is 26.2. The van der Waals surface area contributed by atoms with Crippen molar-refractivity contribution in [2.24, 2.45) is 0 Å². The Morgan fingerprint density at radius 2 is 0.491 bits per heavy atom. The molecule has 0 saturated heterocycles. The van der Waals surface area contributed by atoms with E-state index >= 15 is 0 Å². The molecular weight excluding hydrogens is 1430 g/mol. The Kier molecular flexibility index (Phi) is 75.6. The Morgan fingerprint density at radius 3 is 0.791 bits per heavy atom. The third-order valence-corrected chi connectivity index (χ3v) is 17.9. The predicted octanol–water partition coefficient (Wildman–Crippen LogP) is 24.4. The quantitative estimate of drug-likeness (QED) is 0.0169. The lowest BCUT2D eigenvalue weighted by molar-refractivity contribution is -0.161. The van der Waals surface area contributed by atoms with Crippen LogP contribution in [0.5, 0.6) is 0 Å². The molecule has 0 fully saturated rings. The maximum Gasteiger partial charge on any atom is 0.472 e. The van der Waals surface area contributed by atoms with Gasteiger partial charge in [-0.2, -0.15) is 0 Å².